The van der Waals surface area contributed by atoms with Gasteiger partial charge in [0.1, 0.15) is 0 Å². The van der Waals surface area contributed by atoms with Gasteiger partial charge in [-0.3, -0.25) is 9.30 Å². The summed E-state index contributed by atoms with van der Waals surface area (Å²) in [5.74, 6) is 0.707. The van der Waals surface area contributed by atoms with Crippen molar-refractivity contribution in [2.75, 3.05) is 12.4 Å². The van der Waals surface area contributed by atoms with E-state index in [1.54, 1.807) is 11.3 Å². The summed E-state index contributed by atoms with van der Waals surface area (Å²) in [6.07, 6.45) is 6.81. The van der Waals surface area contributed by atoms with E-state index in [0.29, 0.717) is 5.88 Å². The summed E-state index contributed by atoms with van der Waals surface area (Å²) in [6, 6.07) is 0.749. The van der Waals surface area contributed by atoms with Gasteiger partial charge in [0.05, 0.1) is 5.69 Å². The topological polar surface area (TPSA) is 20.5 Å². The summed E-state index contributed by atoms with van der Waals surface area (Å²) >= 11 is 7.51. The molecule has 0 aliphatic heterocycles. The average molecular weight is 256 g/mol. The SMILES string of the molecule is ClCCN(Cc1cn2ccsc2n1)C1CC1. The Kier molecular flexibility index (Phi) is 2.88. The summed E-state index contributed by atoms with van der Waals surface area (Å²) in [5.41, 5.74) is 1.16. The lowest BCUT2D eigenvalue weighted by molar-refractivity contribution is 0.268. The molecule has 0 saturated heterocycles. The smallest absolute Gasteiger partial charge is 0.193 e. The predicted octanol–water partition coefficient (Wildman–Crippen LogP) is 2.60. The van der Waals surface area contributed by atoms with Gasteiger partial charge in [0, 0.05) is 42.8 Å². The highest BCUT2D eigenvalue weighted by Crippen LogP contribution is 2.28. The standard InChI is InChI=1S/C11H14ClN3S/c12-3-4-14(10-1-2-10)7-9-8-15-5-6-16-11(15)13-9/h5-6,8,10H,1-4,7H2. The lowest BCUT2D eigenvalue weighted by Crippen LogP contribution is -2.27. The van der Waals surface area contributed by atoms with Gasteiger partial charge in [0.25, 0.3) is 0 Å². The molecule has 1 aliphatic carbocycles. The summed E-state index contributed by atoms with van der Waals surface area (Å²) < 4.78 is 2.09. The van der Waals surface area contributed by atoms with Crippen LogP contribution in [0, 0.1) is 0 Å². The van der Waals surface area contributed by atoms with Crippen LogP contribution in [-0.2, 0) is 6.54 Å². The number of aromatic nitrogens is 2. The molecule has 0 aromatic carbocycles. The first-order valence-electron chi connectivity index (χ1n) is 5.58. The van der Waals surface area contributed by atoms with E-state index in [0.717, 1.165) is 29.8 Å². The second-order valence-corrected chi connectivity index (χ2v) is 5.47. The Morgan fingerprint density at radius 1 is 1.56 bits per heavy atom. The van der Waals surface area contributed by atoms with Crippen molar-refractivity contribution in [1.82, 2.24) is 14.3 Å². The van der Waals surface area contributed by atoms with Crippen LogP contribution in [0.3, 0.4) is 0 Å². The lowest BCUT2D eigenvalue weighted by atomic mass is 10.4. The van der Waals surface area contributed by atoms with E-state index in [-0.39, 0.29) is 0 Å². The Balaban J connectivity index is 1.74. The second-order valence-electron chi connectivity index (χ2n) is 4.22. The molecule has 0 spiro atoms. The molecule has 0 amide bonds. The second kappa shape index (κ2) is 4.35. The van der Waals surface area contributed by atoms with E-state index in [2.05, 4.69) is 32.1 Å². The number of imidazole rings is 1. The van der Waals surface area contributed by atoms with Gasteiger partial charge in [-0.25, -0.2) is 4.98 Å². The molecule has 5 heteroatoms. The molecule has 1 aliphatic rings. The minimum Gasteiger partial charge on any atom is -0.297 e. The molecule has 0 bridgehead atoms. The zero-order chi connectivity index (χ0) is 11.0. The van der Waals surface area contributed by atoms with Crippen molar-refractivity contribution in [3.8, 4) is 0 Å². The molecule has 16 heavy (non-hydrogen) atoms. The third-order valence-electron chi connectivity index (χ3n) is 2.94. The van der Waals surface area contributed by atoms with Crippen LogP contribution in [0.25, 0.3) is 4.96 Å². The molecule has 3 nitrogen and oxygen atoms in total. The van der Waals surface area contributed by atoms with E-state index in [9.17, 15) is 0 Å². The molecule has 0 N–H and O–H groups in total. The van der Waals surface area contributed by atoms with Gasteiger partial charge in [0.2, 0.25) is 0 Å². The van der Waals surface area contributed by atoms with Crippen LogP contribution in [0.1, 0.15) is 18.5 Å². The van der Waals surface area contributed by atoms with Crippen LogP contribution in [0.15, 0.2) is 17.8 Å². The van der Waals surface area contributed by atoms with Gasteiger partial charge in [0.15, 0.2) is 4.96 Å². The van der Waals surface area contributed by atoms with Crippen LogP contribution < -0.4 is 0 Å². The molecule has 1 saturated carbocycles. The minimum absolute atomic E-state index is 0.707. The average Bonchev–Trinajstić information content (AvgIpc) is 2.90. The molecule has 1 fully saturated rings. The maximum Gasteiger partial charge on any atom is 0.193 e. The minimum atomic E-state index is 0.707. The number of nitrogens with zero attached hydrogens (tertiary/aromatic N) is 3. The van der Waals surface area contributed by atoms with Gasteiger partial charge in [-0.2, -0.15) is 0 Å². The number of thiazole rings is 1. The third kappa shape index (κ3) is 2.10. The zero-order valence-corrected chi connectivity index (χ0v) is 10.5. The molecule has 2 aromatic rings. The number of halogens is 1. The molecule has 2 heterocycles. The van der Waals surface area contributed by atoms with Crippen molar-refractivity contribution in [3.63, 3.8) is 0 Å². The van der Waals surface area contributed by atoms with E-state index in [4.69, 9.17) is 11.6 Å². The molecule has 86 valence electrons. The Morgan fingerprint density at radius 3 is 3.12 bits per heavy atom. The first kappa shape index (κ1) is 10.6. The molecule has 0 unspecified atom stereocenters. The normalized spacial score (nSPS) is 16.4. The first-order valence-corrected chi connectivity index (χ1v) is 6.99. The Morgan fingerprint density at radius 2 is 2.44 bits per heavy atom. The fourth-order valence-corrected chi connectivity index (χ4v) is 2.94. The number of rotatable bonds is 5. The summed E-state index contributed by atoms with van der Waals surface area (Å²) in [5, 5.41) is 2.06. The number of alkyl halides is 1. The number of hydrogen-bond donors (Lipinski definition) is 0. The van der Waals surface area contributed by atoms with Gasteiger partial charge in [-0.1, -0.05) is 0 Å². The van der Waals surface area contributed by atoms with Crippen LogP contribution in [-0.4, -0.2) is 32.8 Å². The maximum atomic E-state index is 5.83. The van der Waals surface area contributed by atoms with Crippen molar-refractivity contribution in [2.45, 2.75) is 25.4 Å². The monoisotopic (exact) mass is 255 g/mol. The molecule has 3 rings (SSSR count). The van der Waals surface area contributed by atoms with Crippen molar-refractivity contribution < 1.29 is 0 Å². The summed E-state index contributed by atoms with van der Waals surface area (Å²) in [4.78, 5) is 8.13. The third-order valence-corrected chi connectivity index (χ3v) is 3.88. The summed E-state index contributed by atoms with van der Waals surface area (Å²) in [7, 11) is 0. The largest absolute Gasteiger partial charge is 0.297 e. The quantitative estimate of drug-likeness (QED) is 0.766. The molecule has 2 aromatic heterocycles. The maximum absolute atomic E-state index is 5.83. The zero-order valence-electron chi connectivity index (χ0n) is 8.97. The first-order chi connectivity index (χ1) is 7.86. The van der Waals surface area contributed by atoms with E-state index >= 15 is 0 Å². The predicted molar refractivity (Wildman–Crippen MR) is 67.2 cm³/mol. The van der Waals surface area contributed by atoms with E-state index < -0.39 is 0 Å². The number of fused-ring (bicyclic) bond motifs is 1. The summed E-state index contributed by atoms with van der Waals surface area (Å²) in [6.45, 7) is 1.91. The fraction of sp³-hybridized carbons (Fsp3) is 0.545. The van der Waals surface area contributed by atoms with Crippen LogP contribution in [0.5, 0.6) is 0 Å². The van der Waals surface area contributed by atoms with E-state index in [1.807, 2.05) is 0 Å². The van der Waals surface area contributed by atoms with Crippen molar-refractivity contribution in [2.24, 2.45) is 0 Å². The Hall–Kier alpha value is -0.580. The lowest BCUT2D eigenvalue weighted by Gasteiger charge is -2.18. The fourth-order valence-electron chi connectivity index (χ4n) is 2.00. The highest BCUT2D eigenvalue weighted by molar-refractivity contribution is 7.15. The van der Waals surface area contributed by atoms with Crippen molar-refractivity contribution >= 4 is 27.9 Å². The van der Waals surface area contributed by atoms with Crippen LogP contribution >= 0.6 is 22.9 Å². The highest BCUT2D eigenvalue weighted by atomic mass is 35.5. The van der Waals surface area contributed by atoms with Crippen molar-refractivity contribution in [1.29, 1.82) is 0 Å². The molecule has 0 atom stereocenters. The van der Waals surface area contributed by atoms with Crippen LogP contribution in [0.4, 0.5) is 0 Å². The van der Waals surface area contributed by atoms with Gasteiger partial charge >= 0.3 is 0 Å². The van der Waals surface area contributed by atoms with Gasteiger partial charge in [-0.15, -0.1) is 22.9 Å². The van der Waals surface area contributed by atoms with Crippen LogP contribution in [0.2, 0.25) is 0 Å². The van der Waals surface area contributed by atoms with E-state index in [1.165, 1.54) is 12.8 Å². The van der Waals surface area contributed by atoms with Gasteiger partial charge < -0.3 is 0 Å². The molecule has 0 radical (unpaired) electrons. The number of hydrogen-bond acceptors (Lipinski definition) is 3. The Labute approximate surface area is 104 Å². The Bertz CT molecular complexity index is 446. The highest BCUT2D eigenvalue weighted by Gasteiger charge is 2.28. The molecular formula is C11H14ClN3S. The van der Waals surface area contributed by atoms with Gasteiger partial charge in [-0.05, 0) is 12.8 Å². The molecular weight excluding hydrogens is 242 g/mol. The van der Waals surface area contributed by atoms with Crippen molar-refractivity contribution in [3.05, 3.63) is 23.5 Å².